The third kappa shape index (κ3) is 4.57. The number of halogens is 2. The molecule has 0 aliphatic rings. The fourth-order valence-electron chi connectivity index (χ4n) is 2.74. The number of thiazole rings is 1. The molecular weight excluding hydrogens is 402 g/mol. The standard InChI is InChI=1S/C20H18F2N2O4S/c1-3-28-9-8-24-17-15(22)10-14(21)11-16(17)29-20(24)23-18(25)12-4-6-13(7-5-12)19(26)27-2/h4-7,10-11H,3,8-9H2,1-2H3. The van der Waals surface area contributed by atoms with Gasteiger partial charge in [0.15, 0.2) is 10.6 Å². The first-order chi connectivity index (χ1) is 13.9. The molecule has 152 valence electrons. The largest absolute Gasteiger partial charge is 0.465 e. The summed E-state index contributed by atoms with van der Waals surface area (Å²) < 4.78 is 39.8. The van der Waals surface area contributed by atoms with Crippen LogP contribution in [0.15, 0.2) is 41.4 Å². The average molecular weight is 420 g/mol. The minimum Gasteiger partial charge on any atom is -0.465 e. The fraction of sp³-hybridized carbons (Fsp3) is 0.250. The van der Waals surface area contributed by atoms with Crippen LogP contribution < -0.4 is 4.80 Å². The molecule has 0 aliphatic heterocycles. The monoisotopic (exact) mass is 420 g/mol. The van der Waals surface area contributed by atoms with Crippen LogP contribution in [0.2, 0.25) is 0 Å². The van der Waals surface area contributed by atoms with E-state index in [0.717, 1.165) is 17.4 Å². The van der Waals surface area contributed by atoms with Crippen LogP contribution >= 0.6 is 11.3 Å². The molecule has 0 aliphatic carbocycles. The summed E-state index contributed by atoms with van der Waals surface area (Å²) >= 11 is 1.01. The maximum absolute atomic E-state index is 14.4. The quantitative estimate of drug-likeness (QED) is 0.452. The topological polar surface area (TPSA) is 69.9 Å². The molecule has 0 atom stereocenters. The lowest BCUT2D eigenvalue weighted by atomic mass is 10.1. The van der Waals surface area contributed by atoms with Crippen LogP contribution in [0.1, 0.15) is 27.6 Å². The molecule has 0 saturated carbocycles. The summed E-state index contributed by atoms with van der Waals surface area (Å²) in [7, 11) is 1.27. The maximum Gasteiger partial charge on any atom is 0.337 e. The number of aromatic nitrogens is 1. The molecule has 0 saturated heterocycles. The lowest BCUT2D eigenvalue weighted by Crippen LogP contribution is -2.20. The third-order valence-electron chi connectivity index (χ3n) is 4.11. The van der Waals surface area contributed by atoms with Crippen LogP contribution in [-0.2, 0) is 16.0 Å². The minimum atomic E-state index is -0.732. The highest BCUT2D eigenvalue weighted by Gasteiger charge is 2.15. The van der Waals surface area contributed by atoms with Crippen LogP contribution in [0.25, 0.3) is 10.2 Å². The second-order valence-electron chi connectivity index (χ2n) is 5.95. The van der Waals surface area contributed by atoms with Gasteiger partial charge < -0.3 is 14.0 Å². The van der Waals surface area contributed by atoms with Crippen LogP contribution in [-0.4, -0.2) is 36.8 Å². The van der Waals surface area contributed by atoms with Crippen molar-refractivity contribution in [3.05, 3.63) is 64.0 Å². The summed E-state index contributed by atoms with van der Waals surface area (Å²) in [6, 6.07) is 7.82. The molecule has 1 aromatic heterocycles. The smallest absolute Gasteiger partial charge is 0.337 e. The Hall–Kier alpha value is -2.91. The van der Waals surface area contributed by atoms with E-state index in [2.05, 4.69) is 9.73 Å². The number of nitrogens with zero attached hydrogens (tertiary/aromatic N) is 2. The van der Waals surface area contributed by atoms with E-state index in [-0.39, 0.29) is 29.0 Å². The van der Waals surface area contributed by atoms with Gasteiger partial charge in [-0.1, -0.05) is 11.3 Å². The molecule has 3 aromatic rings. The lowest BCUT2D eigenvalue weighted by Gasteiger charge is -2.06. The van der Waals surface area contributed by atoms with Gasteiger partial charge in [-0.15, -0.1) is 0 Å². The van der Waals surface area contributed by atoms with Gasteiger partial charge in [0, 0.05) is 24.8 Å². The summed E-state index contributed by atoms with van der Waals surface area (Å²) in [5, 5.41) is 0. The number of carbonyl (C=O) groups excluding carboxylic acids is 2. The van der Waals surface area contributed by atoms with Crippen LogP contribution in [0, 0.1) is 11.6 Å². The van der Waals surface area contributed by atoms with Crippen molar-refractivity contribution >= 4 is 33.4 Å². The van der Waals surface area contributed by atoms with E-state index in [1.807, 2.05) is 6.92 Å². The van der Waals surface area contributed by atoms with Crippen LogP contribution in [0.5, 0.6) is 0 Å². The third-order valence-corrected chi connectivity index (χ3v) is 5.13. The minimum absolute atomic E-state index is 0.170. The number of esters is 1. The number of rotatable bonds is 6. The van der Waals surface area contributed by atoms with Crippen molar-refractivity contribution in [2.45, 2.75) is 13.5 Å². The van der Waals surface area contributed by atoms with E-state index < -0.39 is 23.5 Å². The van der Waals surface area contributed by atoms with Gasteiger partial charge in [0.05, 0.1) is 29.5 Å². The van der Waals surface area contributed by atoms with E-state index in [1.165, 1.54) is 42.0 Å². The summed E-state index contributed by atoms with van der Waals surface area (Å²) in [5.41, 5.74) is 0.719. The van der Waals surface area contributed by atoms with Crippen molar-refractivity contribution in [2.24, 2.45) is 4.99 Å². The summed E-state index contributed by atoms with van der Waals surface area (Å²) in [6.07, 6.45) is 0. The number of hydrogen-bond acceptors (Lipinski definition) is 5. The highest BCUT2D eigenvalue weighted by atomic mass is 32.1. The number of benzene rings is 2. The Balaban J connectivity index is 2.03. The number of amides is 1. The zero-order valence-electron chi connectivity index (χ0n) is 15.8. The molecular formula is C20H18F2N2O4S. The van der Waals surface area contributed by atoms with Gasteiger partial charge in [0.1, 0.15) is 5.82 Å². The van der Waals surface area contributed by atoms with Crippen molar-refractivity contribution in [3.63, 3.8) is 0 Å². The van der Waals surface area contributed by atoms with E-state index in [9.17, 15) is 18.4 Å². The lowest BCUT2D eigenvalue weighted by molar-refractivity contribution is 0.0600. The molecule has 2 aromatic carbocycles. The van der Waals surface area contributed by atoms with Crippen molar-refractivity contribution in [1.29, 1.82) is 0 Å². The second-order valence-corrected chi connectivity index (χ2v) is 6.96. The Morgan fingerprint density at radius 1 is 1.14 bits per heavy atom. The zero-order chi connectivity index (χ0) is 21.0. The van der Waals surface area contributed by atoms with Gasteiger partial charge in [0.25, 0.3) is 5.91 Å². The number of ether oxygens (including phenoxy) is 2. The highest BCUT2D eigenvalue weighted by molar-refractivity contribution is 7.16. The molecule has 0 N–H and O–H groups in total. The Labute approximate surface area is 169 Å². The van der Waals surface area contributed by atoms with Gasteiger partial charge in [-0.25, -0.2) is 13.6 Å². The number of fused-ring (bicyclic) bond motifs is 1. The van der Waals surface area contributed by atoms with E-state index in [0.29, 0.717) is 16.9 Å². The number of methoxy groups -OCH3 is 1. The van der Waals surface area contributed by atoms with Crippen molar-refractivity contribution in [2.75, 3.05) is 20.3 Å². The first kappa shape index (κ1) is 20.8. The Bertz CT molecular complexity index is 1120. The van der Waals surface area contributed by atoms with Crippen molar-refractivity contribution in [1.82, 2.24) is 4.57 Å². The van der Waals surface area contributed by atoms with Gasteiger partial charge in [-0.3, -0.25) is 4.79 Å². The average Bonchev–Trinajstić information content (AvgIpc) is 3.04. The molecule has 1 heterocycles. The van der Waals surface area contributed by atoms with Gasteiger partial charge in [0.2, 0.25) is 0 Å². The Kier molecular flexibility index (Phi) is 6.50. The molecule has 0 radical (unpaired) electrons. The fourth-order valence-corrected chi connectivity index (χ4v) is 3.83. The van der Waals surface area contributed by atoms with Crippen molar-refractivity contribution in [3.8, 4) is 0 Å². The highest BCUT2D eigenvalue weighted by Crippen LogP contribution is 2.22. The van der Waals surface area contributed by atoms with Crippen LogP contribution in [0.3, 0.4) is 0 Å². The molecule has 1 amide bonds. The normalized spacial score (nSPS) is 11.8. The first-order valence-corrected chi connectivity index (χ1v) is 9.59. The Morgan fingerprint density at radius 3 is 2.48 bits per heavy atom. The molecule has 9 heteroatoms. The van der Waals surface area contributed by atoms with E-state index in [4.69, 9.17) is 4.74 Å². The second kappa shape index (κ2) is 9.06. The van der Waals surface area contributed by atoms with Gasteiger partial charge in [-0.2, -0.15) is 4.99 Å². The first-order valence-electron chi connectivity index (χ1n) is 8.78. The zero-order valence-corrected chi connectivity index (χ0v) is 16.6. The Morgan fingerprint density at radius 2 is 1.83 bits per heavy atom. The molecule has 6 nitrogen and oxygen atoms in total. The predicted molar refractivity (Wildman–Crippen MR) is 104 cm³/mol. The van der Waals surface area contributed by atoms with E-state index in [1.54, 1.807) is 0 Å². The van der Waals surface area contributed by atoms with E-state index >= 15 is 0 Å². The van der Waals surface area contributed by atoms with Gasteiger partial charge >= 0.3 is 5.97 Å². The number of hydrogen-bond donors (Lipinski definition) is 0. The number of carbonyl (C=O) groups is 2. The summed E-state index contributed by atoms with van der Waals surface area (Å²) in [4.78, 5) is 28.4. The molecule has 0 unspecified atom stereocenters. The maximum atomic E-state index is 14.4. The van der Waals surface area contributed by atoms with Crippen molar-refractivity contribution < 1.29 is 27.8 Å². The summed E-state index contributed by atoms with van der Waals surface area (Å²) in [5.74, 6) is -2.52. The molecule has 29 heavy (non-hydrogen) atoms. The SMILES string of the molecule is CCOCCn1c(=NC(=O)c2ccc(C(=O)OC)cc2)sc2cc(F)cc(F)c21. The van der Waals surface area contributed by atoms with Gasteiger partial charge in [-0.05, 0) is 37.3 Å². The molecule has 3 rings (SSSR count). The molecule has 0 bridgehead atoms. The van der Waals surface area contributed by atoms with Crippen LogP contribution in [0.4, 0.5) is 8.78 Å². The predicted octanol–water partition coefficient (Wildman–Crippen LogP) is 3.55. The summed E-state index contributed by atoms with van der Waals surface area (Å²) in [6.45, 7) is 2.86. The molecule has 0 spiro atoms. The molecule has 0 fully saturated rings.